The fraction of sp³-hybridized carbons (Fsp3) is 0.417. The predicted octanol–water partition coefficient (Wildman–Crippen LogP) is 2.22. The smallest absolute Gasteiger partial charge is 0.325 e. The van der Waals surface area contributed by atoms with E-state index in [2.05, 4.69) is 5.43 Å². The van der Waals surface area contributed by atoms with Crippen LogP contribution in [0.3, 0.4) is 0 Å². The molecule has 0 atom stereocenters. The molecule has 0 aromatic heterocycles. The van der Waals surface area contributed by atoms with Crippen LogP contribution in [0.25, 0.3) is 0 Å². The van der Waals surface area contributed by atoms with Gasteiger partial charge in [-0.3, -0.25) is 5.01 Å². The number of urea groups is 1. The number of nitrogens with one attached hydrogen (secondary N) is 1. The fourth-order valence-corrected chi connectivity index (χ4v) is 1.84. The zero-order valence-corrected chi connectivity index (χ0v) is 10.7. The number of hydrogen-bond donors (Lipinski definition) is 1. The zero-order chi connectivity index (χ0) is 14.9. The molecule has 2 rings (SSSR count). The van der Waals surface area contributed by atoms with Crippen LogP contribution >= 0.6 is 0 Å². The number of halogens is 4. The summed E-state index contributed by atoms with van der Waals surface area (Å²) in [6.07, 6.45) is -4.57. The Balaban J connectivity index is 2.02. The maximum atomic E-state index is 13.6. The average molecular weight is 291 g/mol. The second-order valence-corrected chi connectivity index (χ2v) is 4.49. The van der Waals surface area contributed by atoms with Gasteiger partial charge in [-0.15, -0.1) is 0 Å². The van der Waals surface area contributed by atoms with Crippen LogP contribution in [0.5, 0.6) is 0 Å². The Kier molecular flexibility index (Phi) is 3.85. The molecule has 1 saturated heterocycles. The second kappa shape index (κ2) is 5.28. The van der Waals surface area contributed by atoms with Gasteiger partial charge < -0.3 is 4.90 Å². The molecule has 20 heavy (non-hydrogen) atoms. The van der Waals surface area contributed by atoms with E-state index in [0.717, 1.165) is 12.1 Å². The lowest BCUT2D eigenvalue weighted by atomic mass is 10.1. The van der Waals surface area contributed by atoms with Crippen molar-refractivity contribution in [3.05, 3.63) is 35.1 Å². The highest BCUT2D eigenvalue weighted by Gasteiger charge is 2.31. The number of hydrazine groups is 1. The van der Waals surface area contributed by atoms with E-state index in [1.54, 1.807) is 7.05 Å². The van der Waals surface area contributed by atoms with E-state index in [1.165, 1.54) is 9.91 Å². The third-order valence-corrected chi connectivity index (χ3v) is 3.06. The summed E-state index contributed by atoms with van der Waals surface area (Å²) in [7, 11) is 1.63. The van der Waals surface area contributed by atoms with E-state index < -0.39 is 17.6 Å². The Labute approximate surface area is 112 Å². The summed E-state index contributed by atoms with van der Waals surface area (Å²) in [6, 6.07) is 2.08. The Bertz CT molecular complexity index is 518. The molecule has 1 aromatic rings. The Morgan fingerprint density at radius 1 is 1.30 bits per heavy atom. The van der Waals surface area contributed by atoms with Gasteiger partial charge in [-0.1, -0.05) is 6.07 Å². The van der Waals surface area contributed by atoms with Crippen molar-refractivity contribution in [1.29, 1.82) is 0 Å². The number of likely N-dealkylation sites (N-methyl/N-ethyl adjacent to an activating group) is 1. The monoisotopic (exact) mass is 291 g/mol. The summed E-state index contributed by atoms with van der Waals surface area (Å²) in [4.78, 5) is 13.0. The topological polar surface area (TPSA) is 35.6 Å². The van der Waals surface area contributed by atoms with Crippen LogP contribution in [0.1, 0.15) is 11.1 Å². The molecule has 1 aliphatic heterocycles. The molecule has 1 N–H and O–H groups in total. The van der Waals surface area contributed by atoms with Crippen molar-refractivity contribution in [2.24, 2.45) is 0 Å². The van der Waals surface area contributed by atoms with Crippen molar-refractivity contribution in [3.8, 4) is 0 Å². The molecular weight excluding hydrogens is 278 g/mol. The molecule has 1 aromatic carbocycles. The largest absolute Gasteiger partial charge is 0.416 e. The molecule has 0 radical (unpaired) electrons. The number of alkyl halides is 3. The van der Waals surface area contributed by atoms with Gasteiger partial charge in [0.25, 0.3) is 0 Å². The normalized spacial score (nSPS) is 16.1. The highest BCUT2D eigenvalue weighted by molar-refractivity contribution is 5.75. The quantitative estimate of drug-likeness (QED) is 0.867. The third-order valence-electron chi connectivity index (χ3n) is 3.06. The van der Waals surface area contributed by atoms with Gasteiger partial charge in [0.2, 0.25) is 0 Å². The third kappa shape index (κ3) is 3.01. The SMILES string of the molecule is CN1CCN(NCc2ccc(C(F)(F)F)cc2F)C1=O. The van der Waals surface area contributed by atoms with Crippen LogP contribution in [-0.2, 0) is 12.7 Å². The van der Waals surface area contributed by atoms with Crippen molar-refractivity contribution in [2.45, 2.75) is 12.7 Å². The minimum Gasteiger partial charge on any atom is -0.325 e. The fourth-order valence-electron chi connectivity index (χ4n) is 1.84. The summed E-state index contributed by atoms with van der Waals surface area (Å²) < 4.78 is 50.7. The van der Waals surface area contributed by atoms with Gasteiger partial charge in [-0.25, -0.2) is 14.6 Å². The summed E-state index contributed by atoms with van der Waals surface area (Å²) in [5.74, 6) is -0.952. The van der Waals surface area contributed by atoms with E-state index >= 15 is 0 Å². The molecule has 8 heteroatoms. The zero-order valence-electron chi connectivity index (χ0n) is 10.7. The highest BCUT2D eigenvalue weighted by Crippen LogP contribution is 2.30. The van der Waals surface area contributed by atoms with Crippen molar-refractivity contribution in [3.63, 3.8) is 0 Å². The summed E-state index contributed by atoms with van der Waals surface area (Å²) in [6.45, 7) is 0.933. The average Bonchev–Trinajstić information content (AvgIpc) is 2.67. The molecular formula is C12H13F4N3O. The first-order valence-corrected chi connectivity index (χ1v) is 5.91. The van der Waals surface area contributed by atoms with Crippen molar-refractivity contribution in [1.82, 2.24) is 15.3 Å². The first-order chi connectivity index (χ1) is 9.29. The highest BCUT2D eigenvalue weighted by atomic mass is 19.4. The van der Waals surface area contributed by atoms with Crippen LogP contribution in [0.15, 0.2) is 18.2 Å². The maximum Gasteiger partial charge on any atom is 0.416 e. The summed E-state index contributed by atoms with van der Waals surface area (Å²) in [5, 5.41) is 1.30. The number of rotatable bonds is 3. The molecule has 1 fully saturated rings. The van der Waals surface area contributed by atoms with E-state index in [1.807, 2.05) is 0 Å². The maximum absolute atomic E-state index is 13.6. The first-order valence-electron chi connectivity index (χ1n) is 5.91. The van der Waals surface area contributed by atoms with Crippen molar-refractivity contribution < 1.29 is 22.4 Å². The van der Waals surface area contributed by atoms with Gasteiger partial charge in [0.05, 0.1) is 12.1 Å². The summed E-state index contributed by atoms with van der Waals surface area (Å²) >= 11 is 0. The predicted molar refractivity (Wildman–Crippen MR) is 63.0 cm³/mol. The van der Waals surface area contributed by atoms with Gasteiger partial charge in [0, 0.05) is 25.7 Å². The molecule has 110 valence electrons. The molecule has 0 spiro atoms. The minimum atomic E-state index is -4.57. The van der Waals surface area contributed by atoms with Gasteiger partial charge in [-0.2, -0.15) is 13.2 Å². The molecule has 0 saturated carbocycles. The second-order valence-electron chi connectivity index (χ2n) is 4.49. The van der Waals surface area contributed by atoms with Gasteiger partial charge in [-0.05, 0) is 12.1 Å². The number of nitrogens with zero attached hydrogens (tertiary/aromatic N) is 2. The summed E-state index contributed by atoms with van der Waals surface area (Å²) in [5.41, 5.74) is 1.74. The Morgan fingerprint density at radius 3 is 2.50 bits per heavy atom. The Hall–Kier alpha value is -1.83. The van der Waals surface area contributed by atoms with E-state index in [4.69, 9.17) is 0 Å². The number of carbonyl (C=O) groups excluding carboxylic acids is 1. The standard InChI is InChI=1S/C12H13F4N3O/c1-18-4-5-19(11(18)20)17-7-8-2-3-9(6-10(8)13)12(14,15)16/h2-3,6,17H,4-5,7H2,1H3. The van der Waals surface area contributed by atoms with E-state index in [-0.39, 0.29) is 18.1 Å². The van der Waals surface area contributed by atoms with Crippen molar-refractivity contribution >= 4 is 6.03 Å². The van der Waals surface area contributed by atoms with Gasteiger partial charge in [0.15, 0.2) is 0 Å². The Morgan fingerprint density at radius 2 is 2.00 bits per heavy atom. The number of amides is 2. The van der Waals surface area contributed by atoms with E-state index in [0.29, 0.717) is 19.2 Å². The molecule has 0 unspecified atom stereocenters. The number of hydrogen-bond acceptors (Lipinski definition) is 2. The number of benzene rings is 1. The first kappa shape index (κ1) is 14.6. The lowest BCUT2D eigenvalue weighted by Gasteiger charge is -2.17. The molecule has 4 nitrogen and oxygen atoms in total. The minimum absolute atomic E-state index is 0.0520. The van der Waals surface area contributed by atoms with Crippen LogP contribution < -0.4 is 5.43 Å². The molecule has 0 aliphatic carbocycles. The molecule has 1 aliphatic rings. The van der Waals surface area contributed by atoms with Gasteiger partial charge >= 0.3 is 12.2 Å². The number of carbonyl (C=O) groups is 1. The van der Waals surface area contributed by atoms with Crippen LogP contribution in [0.2, 0.25) is 0 Å². The van der Waals surface area contributed by atoms with Gasteiger partial charge in [0.1, 0.15) is 5.82 Å². The van der Waals surface area contributed by atoms with Crippen LogP contribution in [0.4, 0.5) is 22.4 Å². The van der Waals surface area contributed by atoms with E-state index in [9.17, 15) is 22.4 Å². The van der Waals surface area contributed by atoms with Crippen LogP contribution in [0, 0.1) is 5.82 Å². The molecule has 0 bridgehead atoms. The van der Waals surface area contributed by atoms with Crippen LogP contribution in [-0.4, -0.2) is 36.1 Å². The van der Waals surface area contributed by atoms with Crippen molar-refractivity contribution in [2.75, 3.05) is 20.1 Å². The molecule has 1 heterocycles. The lowest BCUT2D eigenvalue weighted by Crippen LogP contribution is -2.40. The molecule has 2 amide bonds. The lowest BCUT2D eigenvalue weighted by molar-refractivity contribution is -0.137.